The van der Waals surface area contributed by atoms with Crippen LogP contribution in [0.2, 0.25) is 0 Å². The number of aryl methyl sites for hydroxylation is 1. The number of hydrogen-bond acceptors (Lipinski definition) is 7. The van der Waals surface area contributed by atoms with E-state index in [0.717, 1.165) is 43.4 Å². The fraction of sp³-hybridized carbons (Fsp3) is 0.258. The van der Waals surface area contributed by atoms with Crippen molar-refractivity contribution in [2.24, 2.45) is 0 Å². The molecule has 0 saturated carbocycles. The van der Waals surface area contributed by atoms with Gasteiger partial charge in [-0.05, 0) is 79.9 Å². The van der Waals surface area contributed by atoms with E-state index in [4.69, 9.17) is 4.74 Å². The molecule has 1 saturated heterocycles. The van der Waals surface area contributed by atoms with Gasteiger partial charge in [-0.3, -0.25) is 19.5 Å². The topological polar surface area (TPSA) is 117 Å². The number of sulfonamides is 1. The molecule has 4 aromatic rings. The zero-order chi connectivity index (χ0) is 30.4. The monoisotopic (exact) mass is 676 g/mol. The number of hydrogen-bond donors (Lipinski definition) is 2. The summed E-state index contributed by atoms with van der Waals surface area (Å²) in [7, 11) is -3.35. The Labute approximate surface area is 274 Å². The predicted molar refractivity (Wildman–Crippen MR) is 179 cm³/mol. The van der Waals surface area contributed by atoms with Gasteiger partial charge < -0.3 is 10.1 Å². The summed E-state index contributed by atoms with van der Waals surface area (Å²) in [5.74, 6) is 0.560. The lowest BCUT2D eigenvalue weighted by Crippen LogP contribution is -2.49. The molecule has 240 valence electrons. The molecular formula is C31H35Cl2FN6O4S. The number of halogens is 3. The van der Waals surface area contributed by atoms with Crippen LogP contribution in [-0.4, -0.2) is 54.7 Å². The molecule has 10 nitrogen and oxygen atoms in total. The van der Waals surface area contributed by atoms with Crippen molar-refractivity contribution < 1.29 is 22.3 Å². The molecule has 2 N–H and O–H groups in total. The minimum absolute atomic E-state index is 0. The quantitative estimate of drug-likeness (QED) is 0.204. The number of anilines is 3. The van der Waals surface area contributed by atoms with Crippen LogP contribution < -0.4 is 19.7 Å². The molecule has 1 aliphatic heterocycles. The molecule has 0 aliphatic carbocycles. The van der Waals surface area contributed by atoms with Gasteiger partial charge in [0, 0.05) is 55.0 Å². The van der Waals surface area contributed by atoms with E-state index in [2.05, 4.69) is 24.9 Å². The largest absolute Gasteiger partial charge is 0.439 e. The van der Waals surface area contributed by atoms with Gasteiger partial charge in [-0.15, -0.1) is 24.8 Å². The smallest absolute Gasteiger partial charge is 0.326 e. The van der Waals surface area contributed by atoms with Gasteiger partial charge in [0.25, 0.3) is 0 Å². The number of benzene rings is 2. The van der Waals surface area contributed by atoms with Crippen LogP contribution in [-0.2, 0) is 16.6 Å². The summed E-state index contributed by atoms with van der Waals surface area (Å²) in [6, 6.07) is 19.6. The minimum atomic E-state index is -3.35. The van der Waals surface area contributed by atoms with Gasteiger partial charge in [0.15, 0.2) is 0 Å². The van der Waals surface area contributed by atoms with Crippen molar-refractivity contribution in [3.05, 3.63) is 102 Å². The Hall–Kier alpha value is -3.97. The van der Waals surface area contributed by atoms with Crippen LogP contribution in [0.15, 0.2) is 85.2 Å². The Bertz CT molecular complexity index is 1660. The molecule has 2 aromatic carbocycles. The van der Waals surface area contributed by atoms with Crippen LogP contribution in [0, 0.1) is 12.7 Å². The number of likely N-dealkylation sites (tertiary alicyclic amines) is 1. The van der Waals surface area contributed by atoms with Crippen LogP contribution >= 0.6 is 24.8 Å². The van der Waals surface area contributed by atoms with Crippen molar-refractivity contribution in [1.29, 1.82) is 0 Å². The van der Waals surface area contributed by atoms with E-state index in [1.165, 1.54) is 12.1 Å². The standard InChI is InChI=1S/C31H33FN6O4S.2ClH/c1-22-6-8-26(20-33-22)35-31(39)38(28-5-3-4-24(32)18-28)27-14-16-37(17-15-27)21-23-7-13-30(34-19-23)42-29-11-9-25(10-12-29)36-43(2,40)41;;/h3-13,18-20,27,36H,14-17,21H2,1-2H3,(H,35,39);2*1H. The van der Waals surface area contributed by atoms with Gasteiger partial charge in [0.2, 0.25) is 15.9 Å². The summed E-state index contributed by atoms with van der Waals surface area (Å²) >= 11 is 0. The number of amides is 2. The fourth-order valence-electron chi connectivity index (χ4n) is 4.93. The lowest BCUT2D eigenvalue weighted by Gasteiger charge is -2.38. The minimum Gasteiger partial charge on any atom is -0.439 e. The maximum atomic E-state index is 14.1. The van der Waals surface area contributed by atoms with E-state index in [9.17, 15) is 17.6 Å². The first kappa shape index (κ1) is 35.5. The second-order valence-electron chi connectivity index (χ2n) is 10.5. The molecule has 14 heteroatoms. The van der Waals surface area contributed by atoms with Crippen molar-refractivity contribution >= 4 is 57.9 Å². The summed E-state index contributed by atoms with van der Waals surface area (Å²) in [6.45, 7) is 4.07. The van der Waals surface area contributed by atoms with Gasteiger partial charge in [0.05, 0.1) is 18.1 Å². The van der Waals surface area contributed by atoms with Gasteiger partial charge in [-0.25, -0.2) is 22.6 Å². The maximum absolute atomic E-state index is 14.1. The van der Waals surface area contributed by atoms with Crippen LogP contribution in [0.1, 0.15) is 24.1 Å². The van der Waals surface area contributed by atoms with Gasteiger partial charge >= 0.3 is 6.03 Å². The number of carbonyl (C=O) groups excluding carboxylic acids is 1. The summed E-state index contributed by atoms with van der Waals surface area (Å²) < 4.78 is 45.1. The average molecular weight is 678 g/mol. The van der Waals surface area contributed by atoms with Crippen LogP contribution in [0.25, 0.3) is 0 Å². The Morgan fingerprint density at radius 2 is 1.69 bits per heavy atom. The molecule has 0 radical (unpaired) electrons. The molecule has 2 aromatic heterocycles. The molecule has 5 rings (SSSR count). The van der Waals surface area contributed by atoms with E-state index in [-0.39, 0.29) is 36.9 Å². The number of pyridine rings is 2. The highest BCUT2D eigenvalue weighted by molar-refractivity contribution is 7.92. The second-order valence-corrected chi connectivity index (χ2v) is 12.2. The van der Waals surface area contributed by atoms with Gasteiger partial charge in [0.1, 0.15) is 11.6 Å². The van der Waals surface area contributed by atoms with Crippen molar-refractivity contribution in [2.75, 3.05) is 34.3 Å². The summed E-state index contributed by atoms with van der Waals surface area (Å²) in [5.41, 5.74) is 3.41. The summed E-state index contributed by atoms with van der Waals surface area (Å²) in [4.78, 5) is 26.0. The Morgan fingerprint density at radius 3 is 2.29 bits per heavy atom. The van der Waals surface area contributed by atoms with Crippen LogP contribution in [0.3, 0.4) is 0 Å². The van der Waals surface area contributed by atoms with Crippen molar-refractivity contribution in [3.63, 3.8) is 0 Å². The number of piperidine rings is 1. The molecule has 45 heavy (non-hydrogen) atoms. The SMILES string of the molecule is Cc1ccc(NC(=O)N(c2cccc(F)c2)C2CCN(Cc3ccc(Oc4ccc(NS(C)(=O)=O)cc4)nc3)CC2)cn1.Cl.Cl. The van der Waals surface area contributed by atoms with E-state index in [1.54, 1.807) is 65.8 Å². The van der Waals surface area contributed by atoms with Gasteiger partial charge in [-0.2, -0.15) is 0 Å². The zero-order valence-corrected chi connectivity index (χ0v) is 27.2. The Morgan fingerprint density at radius 1 is 0.978 bits per heavy atom. The maximum Gasteiger partial charge on any atom is 0.326 e. The number of ether oxygens (including phenoxy) is 1. The molecule has 0 spiro atoms. The molecule has 0 atom stereocenters. The molecular weight excluding hydrogens is 642 g/mol. The molecule has 1 fully saturated rings. The van der Waals surface area contributed by atoms with E-state index < -0.39 is 15.8 Å². The normalized spacial score (nSPS) is 13.6. The molecule has 0 bridgehead atoms. The number of nitrogens with zero attached hydrogens (tertiary/aromatic N) is 4. The Balaban J connectivity index is 0.00000276. The predicted octanol–water partition coefficient (Wildman–Crippen LogP) is 6.63. The van der Waals surface area contributed by atoms with E-state index in [0.29, 0.717) is 35.2 Å². The van der Waals surface area contributed by atoms with Crippen molar-refractivity contribution in [1.82, 2.24) is 14.9 Å². The number of aromatic nitrogens is 2. The first-order valence-corrected chi connectivity index (χ1v) is 15.7. The average Bonchev–Trinajstić information content (AvgIpc) is 2.97. The highest BCUT2D eigenvalue weighted by Gasteiger charge is 2.30. The third kappa shape index (κ3) is 10.3. The third-order valence-corrected chi connectivity index (χ3v) is 7.58. The van der Waals surface area contributed by atoms with Crippen LogP contribution in [0.4, 0.5) is 26.2 Å². The lowest BCUT2D eigenvalue weighted by atomic mass is 10.0. The summed E-state index contributed by atoms with van der Waals surface area (Å²) in [6.07, 6.45) is 5.91. The lowest BCUT2D eigenvalue weighted by molar-refractivity contribution is 0.199. The molecule has 3 heterocycles. The number of carbonyl (C=O) groups is 1. The first-order valence-electron chi connectivity index (χ1n) is 13.8. The van der Waals surface area contributed by atoms with Crippen molar-refractivity contribution in [3.8, 4) is 11.6 Å². The highest BCUT2D eigenvalue weighted by Crippen LogP contribution is 2.27. The van der Waals surface area contributed by atoms with E-state index in [1.807, 2.05) is 19.1 Å². The molecule has 2 amide bonds. The fourth-order valence-corrected chi connectivity index (χ4v) is 5.49. The van der Waals surface area contributed by atoms with Gasteiger partial charge in [-0.1, -0.05) is 12.1 Å². The molecule has 1 aliphatic rings. The number of rotatable bonds is 9. The van der Waals surface area contributed by atoms with Crippen molar-refractivity contribution in [2.45, 2.75) is 32.4 Å². The third-order valence-electron chi connectivity index (χ3n) is 6.97. The number of nitrogens with one attached hydrogen (secondary N) is 2. The number of urea groups is 1. The second kappa shape index (κ2) is 15.8. The van der Waals surface area contributed by atoms with E-state index >= 15 is 0 Å². The highest BCUT2D eigenvalue weighted by atomic mass is 35.5. The first-order chi connectivity index (χ1) is 20.6. The van der Waals surface area contributed by atoms with Crippen LogP contribution in [0.5, 0.6) is 11.6 Å². The Kier molecular flexibility index (Phi) is 12.5. The zero-order valence-electron chi connectivity index (χ0n) is 24.7. The summed E-state index contributed by atoms with van der Waals surface area (Å²) in [5, 5.41) is 2.91. The molecule has 0 unspecified atom stereocenters.